The summed E-state index contributed by atoms with van der Waals surface area (Å²) in [4.78, 5) is 47.8. The lowest BCUT2D eigenvalue weighted by Crippen LogP contribution is -2.53. The van der Waals surface area contributed by atoms with Crippen LogP contribution in [0.1, 0.15) is 10.4 Å². The summed E-state index contributed by atoms with van der Waals surface area (Å²) in [5.74, 6) is -3.57. The molecule has 0 aromatic heterocycles. The Balaban J connectivity index is 1.90. The van der Waals surface area contributed by atoms with Crippen LogP contribution in [0.4, 0.5) is 18.9 Å². The molecule has 10 nitrogen and oxygen atoms in total. The summed E-state index contributed by atoms with van der Waals surface area (Å²) in [5, 5.41) is 11.1. The number of alkyl halides is 3. The number of fused-ring (bicyclic) bond motifs is 1. The van der Waals surface area contributed by atoms with Gasteiger partial charge in [0.1, 0.15) is 6.61 Å². The van der Waals surface area contributed by atoms with Crippen LogP contribution in [0.25, 0.3) is 0 Å². The third-order valence-electron chi connectivity index (χ3n) is 4.21. The van der Waals surface area contributed by atoms with Crippen molar-refractivity contribution in [1.29, 1.82) is 0 Å². The quantitative estimate of drug-likeness (QED) is 0.541. The third-order valence-corrected chi connectivity index (χ3v) is 4.21. The van der Waals surface area contributed by atoms with Crippen LogP contribution in [-0.2, 0) is 9.59 Å². The summed E-state index contributed by atoms with van der Waals surface area (Å²) in [6.07, 6.45) is -5.00. The first-order valence-corrected chi connectivity index (χ1v) is 8.47. The van der Waals surface area contributed by atoms with E-state index < -0.39 is 49.1 Å². The number of nitrogens with two attached hydrogens (primary N) is 1. The van der Waals surface area contributed by atoms with Crippen LogP contribution < -0.4 is 16.0 Å². The number of benzene rings is 1. The number of aliphatic hydroxyl groups excluding tert-OH is 1. The fourth-order valence-corrected chi connectivity index (χ4v) is 2.79. The van der Waals surface area contributed by atoms with E-state index in [1.807, 2.05) is 0 Å². The van der Waals surface area contributed by atoms with Gasteiger partial charge in [0, 0.05) is 17.5 Å². The molecule has 2 aliphatic heterocycles. The third kappa shape index (κ3) is 4.35. The molecule has 2 amide bonds. The average molecular weight is 424 g/mol. The van der Waals surface area contributed by atoms with E-state index >= 15 is 0 Å². The number of hydrogen-bond donors (Lipinski definition) is 3. The van der Waals surface area contributed by atoms with E-state index in [1.165, 1.54) is 12.1 Å². The van der Waals surface area contributed by atoms with E-state index in [4.69, 9.17) is 10.8 Å². The van der Waals surface area contributed by atoms with Crippen molar-refractivity contribution in [3.63, 3.8) is 0 Å². The van der Waals surface area contributed by atoms with Gasteiger partial charge in [0.2, 0.25) is 0 Å². The number of anilines is 1. The molecule has 1 aromatic rings. The topological polar surface area (TPSA) is 150 Å². The minimum atomic E-state index is -5.19. The van der Waals surface area contributed by atoms with Crippen LogP contribution in [0.2, 0.25) is 0 Å². The largest absolute Gasteiger partial charge is 0.471 e. The number of carbonyl (C=O) groups excluding carboxylic acids is 3. The van der Waals surface area contributed by atoms with Crippen LogP contribution in [0, 0.1) is 0 Å². The predicted octanol–water partition coefficient (Wildman–Crippen LogP) is -0.579. The summed E-state index contributed by atoms with van der Waals surface area (Å²) < 4.78 is 39.4. The van der Waals surface area contributed by atoms with E-state index in [9.17, 15) is 27.6 Å². The molecule has 158 valence electrons. The van der Waals surface area contributed by atoms with Gasteiger partial charge in [0.05, 0.1) is 12.3 Å². The average Bonchev–Trinajstić information content (AvgIpc) is 2.70. The minimum Gasteiger partial charge on any atom is -0.388 e. The summed E-state index contributed by atoms with van der Waals surface area (Å²) >= 11 is 0. The molecular weight excluding hydrogens is 409 g/mol. The molecule has 0 aliphatic carbocycles. The summed E-state index contributed by atoms with van der Waals surface area (Å²) in [5.41, 5.74) is 5.27. The number of halogens is 3. The molecule has 0 fully saturated rings. The number of nitrogens with one attached hydrogen (secondary N) is 1. The maximum Gasteiger partial charge on any atom is 0.471 e. The molecule has 2 aliphatic rings. The maximum absolute atomic E-state index is 13.1. The zero-order valence-corrected chi connectivity index (χ0v) is 15.1. The first-order valence-electron chi connectivity index (χ1n) is 8.47. The molecule has 4 N–H and O–H groups in total. The lowest BCUT2D eigenvalue weighted by Gasteiger charge is -2.28. The second-order valence-corrected chi connectivity index (χ2v) is 6.28. The van der Waals surface area contributed by atoms with Crippen molar-refractivity contribution < 1.29 is 32.7 Å². The minimum absolute atomic E-state index is 0.0600. The summed E-state index contributed by atoms with van der Waals surface area (Å²) in [6.45, 7) is -1.40. The van der Waals surface area contributed by atoms with Crippen molar-refractivity contribution in [3.8, 4) is 0 Å². The molecule has 0 radical (unpaired) electrons. The van der Waals surface area contributed by atoms with Crippen LogP contribution in [0.5, 0.6) is 0 Å². The lowest BCUT2D eigenvalue weighted by atomic mass is 10.1. The van der Waals surface area contributed by atoms with Crippen LogP contribution in [0.15, 0.2) is 39.2 Å². The number of hydrogen-bond acceptors (Lipinski definition) is 8. The van der Waals surface area contributed by atoms with Crippen molar-refractivity contribution >= 4 is 41.2 Å². The highest BCUT2D eigenvalue weighted by molar-refractivity contribution is 6.34. The first-order chi connectivity index (χ1) is 14.1. The summed E-state index contributed by atoms with van der Waals surface area (Å²) in [7, 11) is 0. The molecule has 2 unspecified atom stereocenters. The van der Waals surface area contributed by atoms with Gasteiger partial charge in [-0.1, -0.05) is 0 Å². The van der Waals surface area contributed by atoms with E-state index in [-0.39, 0.29) is 22.9 Å². The van der Waals surface area contributed by atoms with E-state index in [1.54, 1.807) is 0 Å². The molecule has 0 saturated carbocycles. The highest BCUT2D eigenvalue weighted by atomic mass is 19.4. The normalized spacial score (nSPS) is 20.6. The van der Waals surface area contributed by atoms with Gasteiger partial charge in [-0.15, -0.1) is 0 Å². The fourth-order valence-electron chi connectivity index (χ4n) is 2.79. The number of nitrogens with zero attached hydrogens (tertiary/aromatic N) is 4. The van der Waals surface area contributed by atoms with Crippen molar-refractivity contribution in [2.75, 3.05) is 18.1 Å². The van der Waals surface area contributed by atoms with Crippen molar-refractivity contribution in [3.05, 3.63) is 29.8 Å². The molecule has 2 atom stereocenters. The second kappa shape index (κ2) is 8.02. The SMILES string of the molecule is NC1=NC2N=CC(CN(C(=O)C(F)(F)F)c3ccc(C(=O)CO)cc3)=NC2C(=O)N1. The van der Waals surface area contributed by atoms with Crippen molar-refractivity contribution in [1.82, 2.24) is 5.32 Å². The van der Waals surface area contributed by atoms with Gasteiger partial charge in [-0.05, 0) is 24.3 Å². The molecule has 0 spiro atoms. The van der Waals surface area contributed by atoms with Gasteiger partial charge in [0.25, 0.3) is 5.91 Å². The zero-order chi connectivity index (χ0) is 22.1. The zero-order valence-electron chi connectivity index (χ0n) is 15.1. The Morgan fingerprint density at radius 1 is 1.20 bits per heavy atom. The van der Waals surface area contributed by atoms with E-state index in [0.29, 0.717) is 4.90 Å². The van der Waals surface area contributed by atoms with Gasteiger partial charge in [-0.25, -0.2) is 4.99 Å². The monoisotopic (exact) mass is 424 g/mol. The van der Waals surface area contributed by atoms with Gasteiger partial charge in [-0.2, -0.15) is 13.2 Å². The molecule has 2 heterocycles. The number of aliphatic hydroxyl groups is 1. The maximum atomic E-state index is 13.1. The number of ketones is 1. The number of aliphatic imine (C=N–C) groups is 3. The van der Waals surface area contributed by atoms with Crippen LogP contribution >= 0.6 is 0 Å². The molecular formula is C17H15F3N6O4. The number of carbonyl (C=O) groups is 3. The summed E-state index contributed by atoms with van der Waals surface area (Å²) in [6, 6.07) is 3.51. The Hall–Kier alpha value is -3.61. The van der Waals surface area contributed by atoms with Gasteiger partial charge in [0.15, 0.2) is 24.0 Å². The van der Waals surface area contributed by atoms with Crippen molar-refractivity contribution in [2.45, 2.75) is 18.4 Å². The Labute approximate surface area is 167 Å². The molecule has 0 saturated heterocycles. The van der Waals surface area contributed by atoms with Gasteiger partial charge < -0.3 is 10.8 Å². The van der Waals surface area contributed by atoms with E-state index in [0.717, 1.165) is 18.3 Å². The molecule has 13 heteroatoms. The van der Waals surface area contributed by atoms with Gasteiger partial charge >= 0.3 is 12.1 Å². The number of Topliss-reactive ketones (excluding diaryl/α,β-unsaturated/α-hetero) is 1. The second-order valence-electron chi connectivity index (χ2n) is 6.28. The Bertz CT molecular complexity index is 971. The first kappa shape index (κ1) is 21.1. The van der Waals surface area contributed by atoms with Gasteiger partial charge in [-0.3, -0.25) is 34.6 Å². The van der Waals surface area contributed by atoms with E-state index in [2.05, 4.69) is 20.3 Å². The highest BCUT2D eigenvalue weighted by Gasteiger charge is 2.44. The number of guanidine groups is 1. The van der Waals surface area contributed by atoms with Crippen LogP contribution in [-0.4, -0.2) is 72.1 Å². The number of rotatable bonds is 5. The standard InChI is InChI=1S/C17H15F3N6O4/c18-17(19,20)15(30)26(10-3-1-8(2-4-10)11(28)7-27)6-9-5-22-13-12(23-9)14(29)25-16(21)24-13/h1-5,12-13,27H,6-7H2,(H3,21,24,25,29). The molecule has 1 aromatic carbocycles. The Morgan fingerprint density at radius 3 is 2.47 bits per heavy atom. The predicted molar refractivity (Wildman–Crippen MR) is 99.5 cm³/mol. The number of amides is 2. The molecule has 30 heavy (non-hydrogen) atoms. The lowest BCUT2D eigenvalue weighted by molar-refractivity contribution is -0.170. The van der Waals surface area contributed by atoms with Crippen molar-refractivity contribution in [2.24, 2.45) is 20.7 Å². The fraction of sp³-hybridized carbons (Fsp3) is 0.294. The molecule has 0 bridgehead atoms. The van der Waals surface area contributed by atoms with Crippen LogP contribution in [0.3, 0.4) is 0 Å². The Kier molecular flexibility index (Phi) is 5.64. The smallest absolute Gasteiger partial charge is 0.388 e. The highest BCUT2D eigenvalue weighted by Crippen LogP contribution is 2.25. The molecule has 3 rings (SSSR count). The Morgan fingerprint density at radius 2 is 1.87 bits per heavy atom.